The highest BCUT2D eigenvalue weighted by Gasteiger charge is 2.36. The Balaban J connectivity index is 0.000000333. The molecule has 4 rings (SSSR count). The first-order valence-electron chi connectivity index (χ1n) is 20.4. The van der Waals surface area contributed by atoms with Crippen molar-refractivity contribution in [2.45, 2.75) is 121 Å². The molecule has 4 aromatic rings. The van der Waals surface area contributed by atoms with Crippen LogP contribution in [0.5, 0.6) is 23.0 Å². The van der Waals surface area contributed by atoms with Crippen LogP contribution >= 0.6 is 0 Å². The van der Waals surface area contributed by atoms with Gasteiger partial charge in [-0.15, -0.1) is 0 Å². The highest BCUT2D eigenvalue weighted by Crippen LogP contribution is 2.32. The molecule has 0 saturated carbocycles. The molecule has 0 amide bonds. The lowest BCUT2D eigenvalue weighted by atomic mass is 10.0. The van der Waals surface area contributed by atoms with Crippen LogP contribution in [0.25, 0.3) is 12.2 Å². The SMILES string of the molecule is COc1c(C)cc(C(=O)/C=C/c2cc(C)c(OC(C)(C)C(=O)O)c(C)c2)cc1C.COc1c(C)cc(C(=O)/C=C/c2cc(C)c(OC(C)(C)C(=O)OC(C)(C)C)c(C)c2)cc1C. The summed E-state index contributed by atoms with van der Waals surface area (Å²) in [6, 6.07) is 14.9. The maximum atomic E-state index is 12.7. The monoisotopic (exact) mass is 848 g/mol. The smallest absolute Gasteiger partial charge is 0.350 e. The van der Waals surface area contributed by atoms with Gasteiger partial charge >= 0.3 is 11.9 Å². The van der Waals surface area contributed by atoms with E-state index >= 15 is 0 Å². The van der Waals surface area contributed by atoms with Gasteiger partial charge in [0.25, 0.3) is 0 Å². The predicted octanol–water partition coefficient (Wildman–Crippen LogP) is 11.4. The Morgan fingerprint density at radius 3 is 1.03 bits per heavy atom. The molecule has 0 heterocycles. The number of aliphatic carboxylic acids is 1. The molecule has 0 radical (unpaired) electrons. The molecule has 0 aromatic heterocycles. The minimum Gasteiger partial charge on any atom is -0.496 e. The number of carbonyl (C=O) groups is 4. The maximum Gasteiger partial charge on any atom is 0.350 e. The molecule has 0 aliphatic carbocycles. The number of benzene rings is 4. The third-order valence-electron chi connectivity index (χ3n) is 9.84. The van der Waals surface area contributed by atoms with Crippen molar-refractivity contribution in [2.75, 3.05) is 14.2 Å². The van der Waals surface area contributed by atoms with Crippen molar-refractivity contribution in [2.24, 2.45) is 0 Å². The molecule has 0 fully saturated rings. The Bertz CT molecular complexity index is 2310. The molecule has 0 atom stereocenters. The number of rotatable bonds is 14. The Kier molecular flexibility index (Phi) is 16.3. The summed E-state index contributed by atoms with van der Waals surface area (Å²) >= 11 is 0. The van der Waals surface area contributed by atoms with Crippen LogP contribution < -0.4 is 18.9 Å². The number of carbonyl (C=O) groups excluding carboxylic acids is 3. The molecule has 62 heavy (non-hydrogen) atoms. The van der Waals surface area contributed by atoms with Gasteiger partial charge in [0.15, 0.2) is 22.8 Å². The van der Waals surface area contributed by atoms with Gasteiger partial charge in [0.2, 0.25) is 0 Å². The van der Waals surface area contributed by atoms with E-state index in [9.17, 15) is 24.3 Å². The fourth-order valence-corrected chi connectivity index (χ4v) is 6.84. The van der Waals surface area contributed by atoms with E-state index < -0.39 is 28.7 Å². The first-order chi connectivity index (χ1) is 28.6. The van der Waals surface area contributed by atoms with Crippen molar-refractivity contribution >= 4 is 35.7 Å². The largest absolute Gasteiger partial charge is 0.496 e. The molecule has 10 nitrogen and oxygen atoms in total. The van der Waals surface area contributed by atoms with Crippen LogP contribution in [0.3, 0.4) is 0 Å². The van der Waals surface area contributed by atoms with Crippen molar-refractivity contribution in [3.8, 4) is 23.0 Å². The van der Waals surface area contributed by atoms with E-state index in [-0.39, 0.29) is 11.6 Å². The molecule has 10 heteroatoms. The summed E-state index contributed by atoms with van der Waals surface area (Å²) in [5.41, 5.74) is 6.93. The quantitative estimate of drug-likeness (QED) is 0.0742. The second-order valence-electron chi connectivity index (χ2n) is 17.7. The standard InChI is InChI=1S/C28H36O5.C24H28O5/c1-17-13-21(11-12-23(29)22-15-19(3)24(31-10)20(4)16-22)14-18(2)25(17)32-28(8,9)26(30)33-27(5,6)7;1-14-10-18(11-15(2)22(14)29-24(5,6)23(26)27)8-9-20(25)19-12-16(3)21(28-7)17(4)13-19/h11-16H,1-10H3;8-13H,1-7H3,(H,26,27)/b12-11+;9-8+. The van der Waals surface area contributed by atoms with Crippen molar-refractivity contribution in [1.82, 2.24) is 0 Å². The van der Waals surface area contributed by atoms with Gasteiger partial charge in [0.1, 0.15) is 28.6 Å². The van der Waals surface area contributed by atoms with Gasteiger partial charge in [0, 0.05) is 11.1 Å². The van der Waals surface area contributed by atoms with E-state index in [2.05, 4.69) is 0 Å². The average molecular weight is 849 g/mol. The minimum atomic E-state index is -1.33. The van der Waals surface area contributed by atoms with Gasteiger partial charge in [-0.2, -0.15) is 0 Å². The third-order valence-corrected chi connectivity index (χ3v) is 9.84. The van der Waals surface area contributed by atoms with Gasteiger partial charge in [-0.1, -0.05) is 12.2 Å². The Morgan fingerprint density at radius 1 is 0.468 bits per heavy atom. The second-order valence-corrected chi connectivity index (χ2v) is 17.7. The Labute approximate surface area is 367 Å². The third kappa shape index (κ3) is 13.2. The zero-order valence-corrected chi connectivity index (χ0v) is 39.5. The number of ketones is 2. The second kappa shape index (κ2) is 20.1. The van der Waals surface area contributed by atoms with Crippen LogP contribution in [-0.2, 0) is 14.3 Å². The molecule has 0 aliphatic heterocycles. The molecule has 332 valence electrons. The highest BCUT2D eigenvalue weighted by molar-refractivity contribution is 6.08. The summed E-state index contributed by atoms with van der Waals surface area (Å²) in [7, 11) is 3.25. The number of hydrogen-bond acceptors (Lipinski definition) is 9. The molecule has 0 saturated heterocycles. The lowest BCUT2D eigenvalue weighted by molar-refractivity contribution is -0.171. The number of esters is 1. The first-order valence-corrected chi connectivity index (χ1v) is 20.4. The fourth-order valence-electron chi connectivity index (χ4n) is 6.84. The number of carboxylic acids is 1. The number of allylic oxidation sites excluding steroid dienone is 2. The zero-order chi connectivity index (χ0) is 47.1. The molecule has 1 N–H and O–H groups in total. The average Bonchev–Trinajstić information content (AvgIpc) is 3.15. The van der Waals surface area contributed by atoms with E-state index in [1.807, 2.05) is 125 Å². The topological polar surface area (TPSA) is 135 Å². The van der Waals surface area contributed by atoms with Gasteiger partial charge < -0.3 is 28.8 Å². The number of methoxy groups -OCH3 is 2. The van der Waals surface area contributed by atoms with Crippen molar-refractivity contribution in [3.63, 3.8) is 0 Å². The summed E-state index contributed by atoms with van der Waals surface area (Å²) < 4.78 is 28.0. The normalized spacial score (nSPS) is 11.8. The van der Waals surface area contributed by atoms with Crippen LogP contribution in [0, 0.1) is 55.4 Å². The van der Waals surface area contributed by atoms with Gasteiger partial charge in [-0.25, -0.2) is 9.59 Å². The van der Waals surface area contributed by atoms with E-state index in [4.69, 9.17) is 23.7 Å². The summed E-state index contributed by atoms with van der Waals surface area (Å²) in [5.74, 6) is 1.14. The van der Waals surface area contributed by atoms with Crippen LogP contribution in [0.2, 0.25) is 0 Å². The highest BCUT2D eigenvalue weighted by atomic mass is 16.6. The van der Waals surface area contributed by atoms with E-state index in [0.717, 1.165) is 67.1 Å². The number of ether oxygens (including phenoxy) is 5. The van der Waals surface area contributed by atoms with Crippen LogP contribution in [0.4, 0.5) is 0 Å². The Morgan fingerprint density at radius 2 is 0.758 bits per heavy atom. The van der Waals surface area contributed by atoms with Crippen molar-refractivity contribution < 1.29 is 48.0 Å². The van der Waals surface area contributed by atoms with Gasteiger partial charge in [-0.3, -0.25) is 9.59 Å². The molecule has 4 aromatic carbocycles. The lowest BCUT2D eigenvalue weighted by Crippen LogP contribution is -2.43. The first kappa shape index (κ1) is 50.2. The van der Waals surface area contributed by atoms with Gasteiger partial charge in [0.05, 0.1) is 14.2 Å². The molecule has 0 bridgehead atoms. The number of aryl methyl sites for hydroxylation is 8. The van der Waals surface area contributed by atoms with E-state index in [1.54, 1.807) is 46.3 Å². The maximum absolute atomic E-state index is 12.7. The minimum absolute atomic E-state index is 0.0782. The molecule has 0 unspecified atom stereocenters. The van der Waals surface area contributed by atoms with Crippen LogP contribution in [0.15, 0.2) is 60.7 Å². The zero-order valence-electron chi connectivity index (χ0n) is 39.5. The molecule has 0 aliphatic rings. The van der Waals surface area contributed by atoms with Crippen LogP contribution in [-0.4, -0.2) is 59.6 Å². The molecular formula is C52H64O10. The molecule has 0 spiro atoms. The summed E-state index contributed by atoms with van der Waals surface area (Å²) in [5, 5.41) is 9.28. The summed E-state index contributed by atoms with van der Waals surface area (Å²) in [6.07, 6.45) is 6.65. The number of hydrogen-bond donors (Lipinski definition) is 1. The lowest BCUT2D eigenvalue weighted by Gasteiger charge is -2.30. The summed E-state index contributed by atoms with van der Waals surface area (Å²) in [6.45, 7) is 27.1. The predicted molar refractivity (Wildman–Crippen MR) is 246 cm³/mol. The Hall–Kier alpha value is -6.16. The summed E-state index contributed by atoms with van der Waals surface area (Å²) in [4.78, 5) is 49.2. The van der Waals surface area contributed by atoms with Gasteiger partial charge in [-0.05, 0) is 220 Å². The van der Waals surface area contributed by atoms with E-state index in [1.165, 1.54) is 19.9 Å². The van der Waals surface area contributed by atoms with Crippen molar-refractivity contribution in [3.05, 3.63) is 127 Å². The van der Waals surface area contributed by atoms with Crippen LogP contribution in [0.1, 0.15) is 125 Å². The van der Waals surface area contributed by atoms with E-state index in [0.29, 0.717) is 22.6 Å². The molecular weight excluding hydrogens is 785 g/mol. The fraction of sp³-hybridized carbons (Fsp3) is 0.385. The number of carboxylic acid groups (broad SMARTS) is 1. The van der Waals surface area contributed by atoms with Crippen molar-refractivity contribution in [1.29, 1.82) is 0 Å².